The van der Waals surface area contributed by atoms with Crippen LogP contribution in [-0.4, -0.2) is 54.8 Å². The van der Waals surface area contributed by atoms with Gasteiger partial charge in [-0.05, 0) is 25.6 Å². The number of likely N-dealkylation sites (N-methyl/N-ethyl adjacent to an activating group) is 1. The molecule has 1 fully saturated rings. The van der Waals surface area contributed by atoms with Crippen LogP contribution < -0.4 is 5.32 Å². The topological polar surface area (TPSA) is 52.7 Å². The van der Waals surface area contributed by atoms with Gasteiger partial charge in [0.15, 0.2) is 0 Å². The Balaban J connectivity index is 2.12. The van der Waals surface area contributed by atoms with Crippen molar-refractivity contribution in [3.05, 3.63) is 35.6 Å². The van der Waals surface area contributed by atoms with E-state index in [1.165, 1.54) is 11.0 Å². The van der Waals surface area contributed by atoms with E-state index in [1.807, 2.05) is 0 Å². The second kappa shape index (κ2) is 8.94. The van der Waals surface area contributed by atoms with Gasteiger partial charge in [-0.1, -0.05) is 32.0 Å². The van der Waals surface area contributed by atoms with Gasteiger partial charge in [0.1, 0.15) is 5.82 Å². The van der Waals surface area contributed by atoms with Crippen LogP contribution in [0.4, 0.5) is 4.39 Å². The molecular weight excluding hydrogens is 321 g/mol. The quantitative estimate of drug-likeness (QED) is 0.821. The maximum Gasteiger partial charge on any atom is 0.225 e. The van der Waals surface area contributed by atoms with Gasteiger partial charge in [0.2, 0.25) is 11.8 Å². The van der Waals surface area contributed by atoms with Crippen LogP contribution in [0.15, 0.2) is 24.3 Å². The summed E-state index contributed by atoms with van der Waals surface area (Å²) in [7, 11) is 1.65. The molecule has 1 heterocycles. The largest absolute Gasteiger partial charge is 0.354 e. The molecule has 5 nitrogen and oxygen atoms in total. The first-order chi connectivity index (χ1) is 12.0. The number of carbonyl (C=O) groups excluding carboxylic acids is 2. The second-order valence-corrected chi connectivity index (χ2v) is 6.43. The zero-order valence-electron chi connectivity index (χ0n) is 15.3. The van der Waals surface area contributed by atoms with E-state index < -0.39 is 12.0 Å². The number of likely N-dealkylation sites (tertiary alicyclic amines) is 1. The van der Waals surface area contributed by atoms with E-state index in [0.29, 0.717) is 24.9 Å². The molecule has 1 aliphatic rings. The Hall–Kier alpha value is -1.95. The molecule has 0 spiro atoms. The molecule has 6 heteroatoms. The highest BCUT2D eigenvalue weighted by Gasteiger charge is 2.39. The van der Waals surface area contributed by atoms with Crippen LogP contribution in [0.3, 0.4) is 0 Å². The van der Waals surface area contributed by atoms with Crippen molar-refractivity contribution in [3.63, 3.8) is 0 Å². The molecule has 1 aromatic carbocycles. The Labute approximate surface area is 149 Å². The van der Waals surface area contributed by atoms with Crippen LogP contribution >= 0.6 is 0 Å². The summed E-state index contributed by atoms with van der Waals surface area (Å²) in [4.78, 5) is 28.6. The highest BCUT2D eigenvalue weighted by Crippen LogP contribution is 2.36. The van der Waals surface area contributed by atoms with Gasteiger partial charge in [-0.15, -0.1) is 0 Å². The molecule has 1 N–H and O–H groups in total. The molecule has 0 saturated carbocycles. The molecule has 25 heavy (non-hydrogen) atoms. The molecule has 1 saturated heterocycles. The summed E-state index contributed by atoms with van der Waals surface area (Å²) < 4.78 is 14.3. The molecule has 0 aliphatic carbocycles. The van der Waals surface area contributed by atoms with Gasteiger partial charge in [0, 0.05) is 32.1 Å². The van der Waals surface area contributed by atoms with Crippen molar-refractivity contribution in [3.8, 4) is 0 Å². The number of hydrogen-bond acceptors (Lipinski definition) is 3. The van der Waals surface area contributed by atoms with E-state index in [4.69, 9.17) is 0 Å². The third kappa shape index (κ3) is 4.57. The van der Waals surface area contributed by atoms with Gasteiger partial charge in [0.05, 0.1) is 12.0 Å². The summed E-state index contributed by atoms with van der Waals surface area (Å²) in [5.41, 5.74) is 0.405. The predicted octanol–water partition coefficient (Wildman–Crippen LogP) is 2.19. The van der Waals surface area contributed by atoms with Crippen molar-refractivity contribution in [2.24, 2.45) is 5.92 Å². The van der Waals surface area contributed by atoms with E-state index in [9.17, 15) is 14.0 Å². The summed E-state index contributed by atoms with van der Waals surface area (Å²) in [6, 6.07) is 5.82. The molecular formula is C19H28FN3O2. The average molecular weight is 349 g/mol. The molecule has 2 atom stereocenters. The van der Waals surface area contributed by atoms with Crippen LogP contribution in [0, 0.1) is 11.7 Å². The molecule has 1 aromatic rings. The van der Waals surface area contributed by atoms with Crippen molar-refractivity contribution >= 4 is 11.8 Å². The van der Waals surface area contributed by atoms with E-state index in [1.54, 1.807) is 25.2 Å². The Morgan fingerprint density at radius 1 is 1.32 bits per heavy atom. The van der Waals surface area contributed by atoms with E-state index >= 15 is 0 Å². The summed E-state index contributed by atoms with van der Waals surface area (Å²) in [6.07, 6.45) is 0.759. The smallest absolute Gasteiger partial charge is 0.225 e. The number of piperidine rings is 1. The number of hydrogen-bond donors (Lipinski definition) is 1. The average Bonchev–Trinajstić information content (AvgIpc) is 2.61. The van der Waals surface area contributed by atoms with E-state index in [-0.39, 0.29) is 17.6 Å². The standard InChI is InChI=1S/C19H28FN3O2/c1-4-23(5-2)13-12-21-19(25)15-10-11-17(24)22(3)18(15)14-8-6-7-9-16(14)20/h6-9,15,18H,4-5,10-13H2,1-3H3,(H,21,25)/t15-,18+/m1/s1. The minimum absolute atomic E-state index is 0.0551. The van der Waals surface area contributed by atoms with Crippen molar-refractivity contribution in [1.82, 2.24) is 15.1 Å². The second-order valence-electron chi connectivity index (χ2n) is 6.43. The molecule has 0 bridgehead atoms. The van der Waals surface area contributed by atoms with E-state index in [2.05, 4.69) is 24.1 Å². The van der Waals surface area contributed by atoms with Gasteiger partial charge < -0.3 is 15.1 Å². The van der Waals surface area contributed by atoms with Crippen molar-refractivity contribution in [2.75, 3.05) is 33.2 Å². The fourth-order valence-electron chi connectivity index (χ4n) is 3.46. The monoisotopic (exact) mass is 349 g/mol. The highest BCUT2D eigenvalue weighted by molar-refractivity contribution is 5.84. The Bertz CT molecular complexity index is 604. The molecule has 138 valence electrons. The molecule has 2 amide bonds. The summed E-state index contributed by atoms with van der Waals surface area (Å²) in [5, 5.41) is 2.97. The lowest BCUT2D eigenvalue weighted by Gasteiger charge is -2.38. The maximum absolute atomic E-state index is 14.3. The summed E-state index contributed by atoms with van der Waals surface area (Å²) in [5.74, 6) is -0.980. The van der Waals surface area contributed by atoms with Gasteiger partial charge in [-0.3, -0.25) is 9.59 Å². The molecule has 0 radical (unpaired) electrons. The Morgan fingerprint density at radius 2 is 2.00 bits per heavy atom. The minimum atomic E-state index is -0.559. The number of nitrogens with one attached hydrogen (secondary N) is 1. The van der Waals surface area contributed by atoms with Gasteiger partial charge in [-0.2, -0.15) is 0 Å². The third-order valence-corrected chi connectivity index (χ3v) is 5.04. The normalized spacial score (nSPS) is 20.8. The Kier molecular flexibility index (Phi) is 6.93. The maximum atomic E-state index is 14.3. The van der Waals surface area contributed by atoms with Crippen molar-refractivity contribution < 1.29 is 14.0 Å². The third-order valence-electron chi connectivity index (χ3n) is 5.04. The lowest BCUT2D eigenvalue weighted by Crippen LogP contribution is -2.47. The molecule has 0 aromatic heterocycles. The van der Waals surface area contributed by atoms with Crippen molar-refractivity contribution in [1.29, 1.82) is 0 Å². The fourth-order valence-corrected chi connectivity index (χ4v) is 3.46. The lowest BCUT2D eigenvalue weighted by atomic mass is 9.83. The number of amides is 2. The number of carbonyl (C=O) groups is 2. The van der Waals surface area contributed by atoms with Crippen LogP contribution in [0.2, 0.25) is 0 Å². The molecule has 1 aliphatic heterocycles. The fraction of sp³-hybridized carbons (Fsp3) is 0.579. The number of benzene rings is 1. The summed E-state index contributed by atoms with van der Waals surface area (Å²) in [6.45, 7) is 7.38. The van der Waals surface area contributed by atoms with Gasteiger partial charge in [-0.25, -0.2) is 4.39 Å². The number of halogens is 1. The lowest BCUT2D eigenvalue weighted by molar-refractivity contribution is -0.141. The SMILES string of the molecule is CCN(CC)CCNC(=O)[C@@H]1CCC(=O)N(C)[C@H]1c1ccccc1F. The zero-order valence-corrected chi connectivity index (χ0v) is 15.3. The first-order valence-electron chi connectivity index (χ1n) is 8.99. The molecule has 2 rings (SSSR count). The molecule has 0 unspecified atom stereocenters. The number of nitrogens with zero attached hydrogens (tertiary/aromatic N) is 2. The zero-order chi connectivity index (χ0) is 18.4. The predicted molar refractivity (Wildman–Crippen MR) is 95.4 cm³/mol. The minimum Gasteiger partial charge on any atom is -0.354 e. The van der Waals surface area contributed by atoms with Crippen molar-refractivity contribution in [2.45, 2.75) is 32.7 Å². The van der Waals surface area contributed by atoms with Gasteiger partial charge >= 0.3 is 0 Å². The van der Waals surface area contributed by atoms with Gasteiger partial charge in [0.25, 0.3) is 0 Å². The number of rotatable bonds is 7. The van der Waals surface area contributed by atoms with Crippen LogP contribution in [0.1, 0.15) is 38.3 Å². The first-order valence-corrected chi connectivity index (χ1v) is 8.99. The Morgan fingerprint density at radius 3 is 2.64 bits per heavy atom. The highest BCUT2D eigenvalue weighted by atomic mass is 19.1. The summed E-state index contributed by atoms with van der Waals surface area (Å²) >= 11 is 0. The first kappa shape index (κ1) is 19.4. The van der Waals surface area contributed by atoms with Crippen LogP contribution in [-0.2, 0) is 9.59 Å². The van der Waals surface area contributed by atoms with Crippen LogP contribution in [0.5, 0.6) is 0 Å². The van der Waals surface area contributed by atoms with Crippen LogP contribution in [0.25, 0.3) is 0 Å². The van der Waals surface area contributed by atoms with E-state index in [0.717, 1.165) is 19.6 Å².